The molecule has 8 heteroatoms. The molecule has 0 fully saturated rings. The Labute approximate surface area is 180 Å². The molecule has 0 aliphatic carbocycles. The lowest BCUT2D eigenvalue weighted by molar-refractivity contribution is 0.466. The summed E-state index contributed by atoms with van der Waals surface area (Å²) in [6.07, 6.45) is 0. The first kappa shape index (κ1) is 23.4. The average Bonchev–Trinajstić information content (AvgIpc) is 2.59. The Kier molecular flexibility index (Phi) is 7.04. The molecule has 1 N–H and O–H groups in total. The van der Waals surface area contributed by atoms with Crippen LogP contribution in [-0.4, -0.2) is 22.1 Å². The minimum Gasteiger partial charge on any atom is -0.242 e. The van der Waals surface area contributed by atoms with Gasteiger partial charge in [0.1, 0.15) is 0 Å². The van der Waals surface area contributed by atoms with Crippen molar-refractivity contribution in [3.8, 4) is 0 Å². The maximum atomic E-state index is 13.5. The largest absolute Gasteiger partial charge is 0.242 e. The summed E-state index contributed by atoms with van der Waals surface area (Å²) >= 11 is 12.4. The molecule has 0 aromatic heterocycles. The highest BCUT2D eigenvalue weighted by Gasteiger charge is 2.45. The van der Waals surface area contributed by atoms with Gasteiger partial charge in [0.25, 0.3) is 0 Å². The summed E-state index contributed by atoms with van der Waals surface area (Å²) in [6.45, 7) is 8.66. The second kappa shape index (κ2) is 8.44. The Morgan fingerprint density at radius 2 is 1.54 bits per heavy atom. The molecule has 0 unspecified atom stereocenters. The van der Waals surface area contributed by atoms with Gasteiger partial charge in [-0.15, -0.1) is 0 Å². The van der Waals surface area contributed by atoms with Gasteiger partial charge in [0.15, 0.2) is 9.84 Å². The first-order valence-corrected chi connectivity index (χ1v) is 12.1. The van der Waals surface area contributed by atoms with Crippen molar-refractivity contribution < 1.29 is 12.6 Å². The van der Waals surface area contributed by atoms with Crippen LogP contribution < -0.4 is 4.72 Å². The Morgan fingerprint density at radius 1 is 0.964 bits per heavy atom. The van der Waals surface area contributed by atoms with Crippen LogP contribution in [0.5, 0.6) is 0 Å². The average molecular weight is 462 g/mol. The molecule has 2 aromatic rings. The molecule has 0 radical (unpaired) electrons. The van der Waals surface area contributed by atoms with Crippen molar-refractivity contribution in [2.45, 2.75) is 55.1 Å². The van der Waals surface area contributed by atoms with Gasteiger partial charge in [-0.1, -0.05) is 47.5 Å². The van der Waals surface area contributed by atoms with Crippen molar-refractivity contribution in [2.24, 2.45) is 0 Å². The van der Waals surface area contributed by atoms with Crippen LogP contribution in [0.25, 0.3) is 0 Å². The molecule has 0 saturated heterocycles. The van der Waals surface area contributed by atoms with E-state index in [4.69, 9.17) is 23.2 Å². The summed E-state index contributed by atoms with van der Waals surface area (Å²) in [5.41, 5.74) is 0.521. The fraction of sp³-hybridized carbons (Fsp3) is 0.400. The Morgan fingerprint density at radius 3 is 2.04 bits per heavy atom. The van der Waals surface area contributed by atoms with Crippen molar-refractivity contribution >= 4 is 44.0 Å². The number of rotatable bonds is 6. The zero-order valence-electron chi connectivity index (χ0n) is 16.5. The number of hydrogen-bond donors (Lipinski definition) is 1. The number of sulfone groups is 1. The Hall–Kier alpha value is -0.920. The second-order valence-corrected chi connectivity index (χ2v) is 13.4. The van der Waals surface area contributed by atoms with Crippen LogP contribution in [0, 0.1) is 0 Å². The van der Waals surface area contributed by atoms with E-state index < -0.39 is 36.4 Å². The topological polar surface area (TPSA) is 63.2 Å². The molecule has 28 heavy (non-hydrogen) atoms. The lowest BCUT2D eigenvalue weighted by atomic mass is 9.96. The molecular weight excluding hydrogens is 437 g/mol. The van der Waals surface area contributed by atoms with E-state index in [1.54, 1.807) is 62.4 Å². The third-order valence-corrected chi connectivity index (χ3v) is 9.13. The smallest absolute Gasteiger partial charge is 0.185 e. The Bertz CT molecular complexity index is 969. The van der Waals surface area contributed by atoms with Gasteiger partial charge in [0.2, 0.25) is 0 Å². The molecule has 2 aromatic carbocycles. The van der Waals surface area contributed by atoms with Gasteiger partial charge in [-0.25, -0.2) is 17.3 Å². The first-order valence-electron chi connectivity index (χ1n) is 8.71. The van der Waals surface area contributed by atoms with Crippen LogP contribution in [0.2, 0.25) is 10.0 Å². The molecule has 0 aliphatic heterocycles. The minimum atomic E-state index is -3.79. The van der Waals surface area contributed by atoms with Gasteiger partial charge in [-0.3, -0.25) is 0 Å². The van der Waals surface area contributed by atoms with Crippen LogP contribution in [0.1, 0.15) is 46.2 Å². The van der Waals surface area contributed by atoms with Crippen molar-refractivity contribution in [1.29, 1.82) is 0 Å². The SMILES string of the molecule is CC(C)(C)[S@](=O)N[C@H](c1ccc(Cl)cc1Cl)C(C)(C)S(=O)(=O)c1ccccc1. The second-order valence-electron chi connectivity index (χ2n) is 8.02. The van der Waals surface area contributed by atoms with E-state index in [9.17, 15) is 12.6 Å². The zero-order chi connectivity index (χ0) is 21.3. The molecule has 0 aliphatic rings. The molecule has 154 valence electrons. The minimum absolute atomic E-state index is 0.193. The number of hydrogen-bond acceptors (Lipinski definition) is 3. The molecule has 2 rings (SSSR count). The van der Waals surface area contributed by atoms with Crippen LogP contribution in [0.3, 0.4) is 0 Å². The predicted molar refractivity (Wildman–Crippen MR) is 118 cm³/mol. The van der Waals surface area contributed by atoms with Crippen molar-refractivity contribution in [3.63, 3.8) is 0 Å². The van der Waals surface area contributed by atoms with E-state index >= 15 is 0 Å². The predicted octanol–water partition coefficient (Wildman–Crippen LogP) is 5.34. The molecule has 0 saturated carbocycles. The van der Waals surface area contributed by atoms with E-state index in [0.717, 1.165) is 0 Å². The third kappa shape index (κ3) is 4.79. The van der Waals surface area contributed by atoms with Gasteiger partial charge >= 0.3 is 0 Å². The molecule has 0 bridgehead atoms. The monoisotopic (exact) mass is 461 g/mol. The van der Waals surface area contributed by atoms with E-state index in [2.05, 4.69) is 4.72 Å². The van der Waals surface area contributed by atoms with Crippen molar-refractivity contribution in [3.05, 3.63) is 64.1 Å². The van der Waals surface area contributed by atoms with Crippen LogP contribution in [0.15, 0.2) is 53.4 Å². The maximum Gasteiger partial charge on any atom is 0.185 e. The van der Waals surface area contributed by atoms with E-state index in [-0.39, 0.29) is 4.90 Å². The molecule has 2 atom stereocenters. The summed E-state index contributed by atoms with van der Waals surface area (Å²) in [5.74, 6) is 0. The third-order valence-electron chi connectivity index (χ3n) is 4.50. The fourth-order valence-corrected chi connectivity index (χ4v) is 5.86. The highest BCUT2D eigenvalue weighted by Crippen LogP contribution is 2.40. The standard InChI is InChI=1S/C20H25Cl2NO3S2/c1-19(2,3)27(24)23-18(16-12-11-14(21)13-17(16)22)20(4,5)28(25,26)15-9-7-6-8-10-15/h6-13,18,23H,1-5H3/t18-,27+/m1/s1. The van der Waals surface area contributed by atoms with Crippen molar-refractivity contribution in [2.75, 3.05) is 0 Å². The number of benzene rings is 2. The molecule has 0 spiro atoms. The van der Waals surface area contributed by atoms with Gasteiger partial charge in [-0.2, -0.15) is 0 Å². The van der Waals surface area contributed by atoms with Crippen molar-refractivity contribution in [1.82, 2.24) is 4.72 Å². The van der Waals surface area contributed by atoms with E-state index in [1.165, 1.54) is 0 Å². The summed E-state index contributed by atoms with van der Waals surface area (Å²) in [5, 5.41) is 0.750. The maximum absolute atomic E-state index is 13.5. The quantitative estimate of drug-likeness (QED) is 0.631. The first-order chi connectivity index (χ1) is 12.8. The molecule has 0 heterocycles. The summed E-state index contributed by atoms with van der Waals surface area (Å²) in [6, 6.07) is 12.2. The summed E-state index contributed by atoms with van der Waals surface area (Å²) in [4.78, 5) is 0.193. The highest BCUT2D eigenvalue weighted by molar-refractivity contribution is 7.93. The lowest BCUT2D eigenvalue weighted by Crippen LogP contribution is -2.48. The highest BCUT2D eigenvalue weighted by atomic mass is 35.5. The van der Waals surface area contributed by atoms with Gasteiger partial charge < -0.3 is 0 Å². The van der Waals surface area contributed by atoms with Crippen LogP contribution in [0.4, 0.5) is 0 Å². The van der Waals surface area contributed by atoms with Crippen LogP contribution in [-0.2, 0) is 20.8 Å². The number of halogens is 2. The normalized spacial score (nSPS) is 15.2. The van der Waals surface area contributed by atoms with Gasteiger partial charge in [0.05, 0.1) is 31.4 Å². The lowest BCUT2D eigenvalue weighted by Gasteiger charge is -2.36. The summed E-state index contributed by atoms with van der Waals surface area (Å²) < 4.78 is 40.9. The van der Waals surface area contributed by atoms with Crippen LogP contribution >= 0.6 is 23.2 Å². The van der Waals surface area contributed by atoms with E-state index in [0.29, 0.717) is 15.6 Å². The summed E-state index contributed by atoms with van der Waals surface area (Å²) in [7, 11) is -5.32. The van der Waals surface area contributed by atoms with Gasteiger partial charge in [-0.05, 0) is 64.4 Å². The molecule has 0 amide bonds. The molecule has 4 nitrogen and oxygen atoms in total. The molecular formula is C20H25Cl2NO3S2. The van der Waals surface area contributed by atoms with E-state index in [1.807, 2.05) is 20.8 Å². The number of nitrogens with one attached hydrogen (secondary N) is 1. The Balaban J connectivity index is 2.64. The van der Waals surface area contributed by atoms with Gasteiger partial charge in [0, 0.05) is 10.0 Å². The zero-order valence-corrected chi connectivity index (χ0v) is 19.6. The fourth-order valence-electron chi connectivity index (χ4n) is 2.66.